The van der Waals surface area contributed by atoms with E-state index in [1.165, 1.54) is 11.8 Å². The molecule has 3 aromatic heterocycles. The van der Waals surface area contributed by atoms with Gasteiger partial charge in [0.1, 0.15) is 0 Å². The van der Waals surface area contributed by atoms with E-state index in [0.29, 0.717) is 37.5 Å². The van der Waals surface area contributed by atoms with Crippen LogP contribution in [0.4, 0.5) is 0 Å². The summed E-state index contributed by atoms with van der Waals surface area (Å²) in [6.45, 7) is 4.12. The third-order valence-corrected chi connectivity index (χ3v) is 7.60. The number of hydrogen-bond donors (Lipinski definition) is 0. The average molecular weight is 485 g/mol. The molecule has 1 fully saturated rings. The van der Waals surface area contributed by atoms with Crippen LogP contribution in [0.15, 0.2) is 71.5 Å². The average Bonchev–Trinajstić information content (AvgIpc) is 3.64. The molecule has 1 aliphatic heterocycles. The van der Waals surface area contributed by atoms with Gasteiger partial charge in [0, 0.05) is 43.5 Å². The van der Waals surface area contributed by atoms with Gasteiger partial charge in [-0.1, -0.05) is 42.5 Å². The SMILES string of the molecule is CCc1ccc(-c2cn3c(n2)sc2cc(C(=O)N4CCN(C(=O)c5ccco5)CC4)ccc23)cc1. The van der Waals surface area contributed by atoms with E-state index in [2.05, 4.69) is 41.8 Å². The fourth-order valence-electron chi connectivity index (χ4n) is 4.54. The normalized spacial score (nSPS) is 14.2. The lowest BCUT2D eigenvalue weighted by molar-refractivity contribution is 0.0518. The van der Waals surface area contributed by atoms with Gasteiger partial charge in [-0.25, -0.2) is 4.98 Å². The van der Waals surface area contributed by atoms with Crippen LogP contribution in [0, 0.1) is 0 Å². The maximum atomic E-state index is 13.2. The number of thiazole rings is 1. The van der Waals surface area contributed by atoms with Crippen molar-refractivity contribution in [3.8, 4) is 11.3 Å². The largest absolute Gasteiger partial charge is 0.459 e. The third-order valence-electron chi connectivity index (χ3n) is 6.59. The van der Waals surface area contributed by atoms with Crippen molar-refractivity contribution in [2.24, 2.45) is 0 Å². The van der Waals surface area contributed by atoms with Gasteiger partial charge in [0.2, 0.25) is 0 Å². The highest BCUT2D eigenvalue weighted by atomic mass is 32.1. The first-order valence-electron chi connectivity index (χ1n) is 11.7. The molecule has 0 saturated carbocycles. The molecule has 0 spiro atoms. The zero-order valence-electron chi connectivity index (χ0n) is 19.3. The van der Waals surface area contributed by atoms with Crippen LogP contribution in [0.25, 0.3) is 26.4 Å². The van der Waals surface area contributed by atoms with Crippen LogP contribution in [0.5, 0.6) is 0 Å². The molecule has 6 rings (SSSR count). The first-order valence-corrected chi connectivity index (χ1v) is 12.6. The van der Waals surface area contributed by atoms with E-state index in [1.807, 2.05) is 23.1 Å². The number of carbonyl (C=O) groups is 2. The summed E-state index contributed by atoms with van der Waals surface area (Å²) >= 11 is 1.58. The Labute approximate surface area is 206 Å². The first kappa shape index (κ1) is 21.6. The topological polar surface area (TPSA) is 71.1 Å². The Balaban J connectivity index is 1.19. The predicted molar refractivity (Wildman–Crippen MR) is 136 cm³/mol. The minimum atomic E-state index is -0.133. The number of fused-ring (bicyclic) bond motifs is 3. The van der Waals surface area contributed by atoms with Crippen LogP contribution in [0.1, 0.15) is 33.4 Å². The standard InChI is InChI=1S/C27H24N4O3S/c1-2-18-5-7-19(8-6-18)21-17-31-22-10-9-20(16-24(22)35-27(31)28-21)25(32)29-11-13-30(14-12-29)26(33)23-4-3-15-34-23/h3-10,15-17H,2,11-14H2,1H3. The molecule has 1 saturated heterocycles. The molecule has 8 heteroatoms. The molecule has 0 radical (unpaired) electrons. The smallest absolute Gasteiger partial charge is 0.289 e. The molecule has 2 amide bonds. The first-order chi connectivity index (χ1) is 17.1. The summed E-state index contributed by atoms with van der Waals surface area (Å²) in [5, 5.41) is 0. The number of piperazine rings is 1. The van der Waals surface area contributed by atoms with Gasteiger partial charge >= 0.3 is 0 Å². The maximum absolute atomic E-state index is 13.2. The second-order valence-electron chi connectivity index (χ2n) is 8.68. The van der Waals surface area contributed by atoms with Crippen molar-refractivity contribution in [1.29, 1.82) is 0 Å². The lowest BCUT2D eigenvalue weighted by Gasteiger charge is -2.34. The number of imidazole rings is 1. The van der Waals surface area contributed by atoms with Crippen molar-refractivity contribution in [2.45, 2.75) is 13.3 Å². The van der Waals surface area contributed by atoms with Crippen molar-refractivity contribution >= 4 is 38.3 Å². The number of aromatic nitrogens is 2. The minimum absolute atomic E-state index is 0.0141. The van der Waals surface area contributed by atoms with Crippen LogP contribution in [0.3, 0.4) is 0 Å². The molecule has 0 N–H and O–H groups in total. The number of amides is 2. The van der Waals surface area contributed by atoms with Crippen molar-refractivity contribution < 1.29 is 14.0 Å². The molecular formula is C27H24N4O3S. The second-order valence-corrected chi connectivity index (χ2v) is 9.68. The molecule has 2 aromatic carbocycles. The van der Waals surface area contributed by atoms with E-state index in [4.69, 9.17) is 9.40 Å². The van der Waals surface area contributed by atoms with E-state index < -0.39 is 0 Å². The zero-order valence-corrected chi connectivity index (χ0v) is 20.1. The van der Waals surface area contributed by atoms with Gasteiger partial charge in [-0.3, -0.25) is 14.0 Å². The molecule has 0 aliphatic carbocycles. The van der Waals surface area contributed by atoms with Crippen LogP contribution < -0.4 is 0 Å². The van der Waals surface area contributed by atoms with Crippen LogP contribution >= 0.6 is 11.3 Å². The van der Waals surface area contributed by atoms with E-state index >= 15 is 0 Å². The predicted octanol–water partition coefficient (Wildman–Crippen LogP) is 4.97. The van der Waals surface area contributed by atoms with E-state index in [9.17, 15) is 9.59 Å². The number of hydrogen-bond acceptors (Lipinski definition) is 5. The number of furan rings is 1. The fraction of sp³-hybridized carbons (Fsp3) is 0.222. The van der Waals surface area contributed by atoms with Gasteiger partial charge in [0.25, 0.3) is 11.8 Å². The number of carbonyl (C=O) groups excluding carboxylic acids is 2. The quantitative estimate of drug-likeness (QED) is 0.361. The van der Waals surface area contributed by atoms with Crippen LogP contribution in [-0.2, 0) is 6.42 Å². The Hall–Kier alpha value is -3.91. The van der Waals surface area contributed by atoms with Crippen molar-refractivity contribution in [1.82, 2.24) is 19.2 Å². The summed E-state index contributed by atoms with van der Waals surface area (Å²) in [5.41, 5.74) is 5.05. The number of benzene rings is 2. The van der Waals surface area contributed by atoms with Gasteiger partial charge in [0.15, 0.2) is 10.7 Å². The Morgan fingerprint density at radius 1 is 0.971 bits per heavy atom. The van der Waals surface area contributed by atoms with E-state index in [0.717, 1.165) is 32.9 Å². The fourth-order valence-corrected chi connectivity index (χ4v) is 5.58. The molecule has 1 aliphatic rings. The highest BCUT2D eigenvalue weighted by molar-refractivity contribution is 7.23. The number of nitrogens with zero attached hydrogens (tertiary/aromatic N) is 4. The van der Waals surface area contributed by atoms with Crippen molar-refractivity contribution in [3.63, 3.8) is 0 Å². The van der Waals surface area contributed by atoms with Gasteiger partial charge in [0.05, 0.1) is 22.2 Å². The van der Waals surface area contributed by atoms with Crippen molar-refractivity contribution in [2.75, 3.05) is 26.2 Å². The minimum Gasteiger partial charge on any atom is -0.459 e. The molecule has 4 heterocycles. The van der Waals surface area contributed by atoms with Crippen LogP contribution in [0.2, 0.25) is 0 Å². The Morgan fingerprint density at radius 3 is 2.40 bits per heavy atom. The van der Waals surface area contributed by atoms with Crippen LogP contribution in [-0.4, -0.2) is 57.2 Å². The number of aryl methyl sites for hydroxylation is 1. The molecule has 7 nitrogen and oxygen atoms in total. The molecule has 176 valence electrons. The third kappa shape index (κ3) is 3.89. The highest BCUT2D eigenvalue weighted by Gasteiger charge is 2.27. The monoisotopic (exact) mass is 484 g/mol. The van der Waals surface area contributed by atoms with Gasteiger partial charge in [-0.05, 0) is 42.3 Å². The summed E-state index contributed by atoms with van der Waals surface area (Å²) in [6.07, 6.45) is 4.57. The lowest BCUT2D eigenvalue weighted by Crippen LogP contribution is -2.50. The highest BCUT2D eigenvalue weighted by Crippen LogP contribution is 2.30. The molecule has 5 aromatic rings. The lowest BCUT2D eigenvalue weighted by atomic mass is 10.1. The summed E-state index contributed by atoms with van der Waals surface area (Å²) in [5.74, 6) is 0.185. The van der Waals surface area contributed by atoms with E-state index in [-0.39, 0.29) is 11.8 Å². The summed E-state index contributed by atoms with van der Waals surface area (Å²) in [7, 11) is 0. The molecule has 35 heavy (non-hydrogen) atoms. The van der Waals surface area contributed by atoms with Gasteiger partial charge in [-0.2, -0.15) is 0 Å². The van der Waals surface area contributed by atoms with E-state index in [1.54, 1.807) is 28.4 Å². The summed E-state index contributed by atoms with van der Waals surface area (Å²) in [4.78, 5) is 34.9. The second kappa shape index (κ2) is 8.70. The molecule has 0 atom stereocenters. The Morgan fingerprint density at radius 2 is 1.71 bits per heavy atom. The van der Waals surface area contributed by atoms with Gasteiger partial charge in [-0.15, -0.1) is 0 Å². The van der Waals surface area contributed by atoms with Gasteiger partial charge < -0.3 is 14.2 Å². The van der Waals surface area contributed by atoms with Crippen molar-refractivity contribution in [3.05, 3.63) is 83.9 Å². The summed E-state index contributed by atoms with van der Waals surface area (Å²) < 4.78 is 8.33. The number of rotatable bonds is 4. The molecule has 0 unspecified atom stereocenters. The zero-order chi connectivity index (χ0) is 23.9. The Bertz CT molecular complexity index is 1520. The maximum Gasteiger partial charge on any atom is 0.289 e. The summed E-state index contributed by atoms with van der Waals surface area (Å²) in [6, 6.07) is 17.7. The molecular weight excluding hydrogens is 460 g/mol. The molecule has 0 bridgehead atoms. The Kier molecular flexibility index (Phi) is 5.37.